The van der Waals surface area contributed by atoms with Gasteiger partial charge in [0, 0.05) is 11.3 Å². The van der Waals surface area contributed by atoms with Gasteiger partial charge in [-0.1, -0.05) is 24.3 Å². The molecule has 0 radical (unpaired) electrons. The van der Waals surface area contributed by atoms with E-state index in [1.807, 2.05) is 37.3 Å². The number of nitrogen functional groups attached to an aromatic ring is 1. The summed E-state index contributed by atoms with van der Waals surface area (Å²) in [7, 11) is 0. The van der Waals surface area contributed by atoms with E-state index in [1.165, 1.54) is 0 Å². The molecule has 4 N–H and O–H groups in total. The van der Waals surface area contributed by atoms with Gasteiger partial charge in [-0.2, -0.15) is 0 Å². The summed E-state index contributed by atoms with van der Waals surface area (Å²) in [6.07, 6.45) is 0.783. The molecule has 0 saturated heterocycles. The fourth-order valence-corrected chi connectivity index (χ4v) is 2.14. The maximum atomic E-state index is 11.1. The standard InChI is InChI=1S/C17H20N2O2/c1-12-10-14(17(19)20)6-7-15(12)11-21-9-8-13-4-2-3-5-16(13)18/h2-7,10H,8-9,11,18H2,1H3,(H2,19,20). The molecule has 4 heteroatoms. The zero-order valence-electron chi connectivity index (χ0n) is 12.1. The minimum Gasteiger partial charge on any atom is -0.399 e. The van der Waals surface area contributed by atoms with Crippen molar-refractivity contribution in [3.8, 4) is 0 Å². The van der Waals surface area contributed by atoms with Gasteiger partial charge in [-0.15, -0.1) is 0 Å². The number of nitrogens with two attached hydrogens (primary N) is 2. The molecule has 2 aromatic rings. The Kier molecular flexibility index (Phi) is 4.95. The average Bonchev–Trinajstić information content (AvgIpc) is 2.46. The first kappa shape index (κ1) is 15.1. The van der Waals surface area contributed by atoms with Crippen molar-refractivity contribution in [1.82, 2.24) is 0 Å². The fraction of sp³-hybridized carbons (Fsp3) is 0.235. The summed E-state index contributed by atoms with van der Waals surface area (Å²) in [5, 5.41) is 0. The van der Waals surface area contributed by atoms with Crippen molar-refractivity contribution in [1.29, 1.82) is 0 Å². The lowest BCUT2D eigenvalue weighted by Gasteiger charge is -2.09. The average molecular weight is 284 g/mol. The highest BCUT2D eigenvalue weighted by atomic mass is 16.5. The second kappa shape index (κ2) is 6.90. The van der Waals surface area contributed by atoms with Crippen LogP contribution in [-0.4, -0.2) is 12.5 Å². The number of hydrogen-bond acceptors (Lipinski definition) is 3. The van der Waals surface area contributed by atoms with Crippen LogP contribution < -0.4 is 11.5 Å². The molecule has 1 amide bonds. The molecule has 21 heavy (non-hydrogen) atoms. The van der Waals surface area contributed by atoms with Crippen LogP contribution in [-0.2, 0) is 17.8 Å². The van der Waals surface area contributed by atoms with Crippen LogP contribution in [0.2, 0.25) is 0 Å². The van der Waals surface area contributed by atoms with E-state index < -0.39 is 5.91 Å². The van der Waals surface area contributed by atoms with E-state index in [1.54, 1.807) is 12.1 Å². The molecule has 0 saturated carbocycles. The molecule has 2 rings (SSSR count). The summed E-state index contributed by atoms with van der Waals surface area (Å²) in [5.74, 6) is -0.412. The number of ether oxygens (including phenoxy) is 1. The van der Waals surface area contributed by atoms with Gasteiger partial charge in [-0.05, 0) is 48.2 Å². The van der Waals surface area contributed by atoms with Gasteiger partial charge in [0.05, 0.1) is 13.2 Å². The predicted octanol–water partition coefficient (Wildman–Crippen LogP) is 2.44. The summed E-state index contributed by atoms with van der Waals surface area (Å²) in [5.41, 5.74) is 15.6. The van der Waals surface area contributed by atoms with Crippen molar-refractivity contribution in [3.05, 3.63) is 64.7 Å². The first-order chi connectivity index (χ1) is 10.1. The number of rotatable bonds is 6. The van der Waals surface area contributed by atoms with Gasteiger partial charge in [-0.3, -0.25) is 4.79 Å². The fourth-order valence-electron chi connectivity index (χ4n) is 2.14. The molecule has 0 fully saturated rings. The van der Waals surface area contributed by atoms with Crippen molar-refractivity contribution in [2.45, 2.75) is 20.0 Å². The lowest BCUT2D eigenvalue weighted by molar-refractivity contribution is 0.0999. The van der Waals surface area contributed by atoms with E-state index in [0.29, 0.717) is 18.8 Å². The maximum absolute atomic E-state index is 11.1. The summed E-state index contributed by atoms with van der Waals surface area (Å²) in [4.78, 5) is 11.1. The van der Waals surface area contributed by atoms with Gasteiger partial charge < -0.3 is 16.2 Å². The van der Waals surface area contributed by atoms with E-state index in [0.717, 1.165) is 28.8 Å². The molecular formula is C17H20N2O2. The second-order valence-electron chi connectivity index (χ2n) is 5.01. The number of carbonyl (C=O) groups is 1. The molecule has 0 heterocycles. The van der Waals surface area contributed by atoms with Gasteiger partial charge in [0.15, 0.2) is 0 Å². The first-order valence-corrected chi connectivity index (χ1v) is 6.88. The van der Waals surface area contributed by atoms with Crippen molar-refractivity contribution in [2.75, 3.05) is 12.3 Å². The second-order valence-corrected chi connectivity index (χ2v) is 5.01. The van der Waals surface area contributed by atoms with Crippen LogP contribution in [0.15, 0.2) is 42.5 Å². The first-order valence-electron chi connectivity index (χ1n) is 6.88. The summed E-state index contributed by atoms with van der Waals surface area (Å²) >= 11 is 0. The van der Waals surface area contributed by atoms with Crippen molar-refractivity contribution >= 4 is 11.6 Å². The maximum Gasteiger partial charge on any atom is 0.248 e. The monoisotopic (exact) mass is 284 g/mol. The number of benzene rings is 2. The lowest BCUT2D eigenvalue weighted by Crippen LogP contribution is -2.11. The smallest absolute Gasteiger partial charge is 0.248 e. The third-order valence-corrected chi connectivity index (χ3v) is 3.46. The van der Waals surface area contributed by atoms with E-state index in [-0.39, 0.29) is 0 Å². The largest absolute Gasteiger partial charge is 0.399 e. The van der Waals surface area contributed by atoms with Gasteiger partial charge in [0.1, 0.15) is 0 Å². The Morgan fingerprint density at radius 1 is 1.14 bits per heavy atom. The Balaban J connectivity index is 1.87. The SMILES string of the molecule is Cc1cc(C(N)=O)ccc1COCCc1ccccc1N. The Hall–Kier alpha value is -2.33. The molecule has 0 spiro atoms. The highest BCUT2D eigenvalue weighted by Gasteiger charge is 2.04. The van der Waals surface area contributed by atoms with Gasteiger partial charge in [0.2, 0.25) is 5.91 Å². The van der Waals surface area contributed by atoms with E-state index >= 15 is 0 Å². The number of amides is 1. The lowest BCUT2D eigenvalue weighted by atomic mass is 10.1. The minimum atomic E-state index is -0.412. The van der Waals surface area contributed by atoms with Gasteiger partial charge >= 0.3 is 0 Å². The molecule has 0 aliphatic heterocycles. The minimum absolute atomic E-state index is 0.412. The van der Waals surface area contributed by atoms with Crippen molar-refractivity contribution < 1.29 is 9.53 Å². The molecule has 4 nitrogen and oxygen atoms in total. The summed E-state index contributed by atoms with van der Waals surface area (Å²) < 4.78 is 5.69. The number of hydrogen-bond donors (Lipinski definition) is 2. The highest BCUT2D eigenvalue weighted by molar-refractivity contribution is 5.93. The molecule has 0 atom stereocenters. The number of aryl methyl sites for hydroxylation is 1. The molecule has 0 bridgehead atoms. The van der Waals surface area contributed by atoms with Crippen molar-refractivity contribution in [2.24, 2.45) is 5.73 Å². The molecule has 2 aromatic carbocycles. The van der Waals surface area contributed by atoms with Gasteiger partial charge in [0.25, 0.3) is 0 Å². The molecule has 110 valence electrons. The zero-order valence-corrected chi connectivity index (χ0v) is 12.1. The molecule has 0 unspecified atom stereocenters. The quantitative estimate of drug-likeness (QED) is 0.631. The number of para-hydroxylation sites is 1. The number of primary amides is 1. The normalized spacial score (nSPS) is 10.5. The van der Waals surface area contributed by atoms with E-state index in [9.17, 15) is 4.79 Å². The van der Waals surface area contributed by atoms with Crippen LogP contribution >= 0.6 is 0 Å². The Bertz CT molecular complexity index is 638. The molecular weight excluding hydrogens is 264 g/mol. The Morgan fingerprint density at radius 3 is 2.57 bits per heavy atom. The van der Waals surface area contributed by atoms with Gasteiger partial charge in [-0.25, -0.2) is 0 Å². The number of anilines is 1. The Labute approximate surface area is 124 Å². The summed E-state index contributed by atoms with van der Waals surface area (Å²) in [6, 6.07) is 13.2. The molecule has 0 aromatic heterocycles. The van der Waals surface area contributed by atoms with Crippen LogP contribution in [0.5, 0.6) is 0 Å². The third-order valence-electron chi connectivity index (χ3n) is 3.46. The van der Waals surface area contributed by atoms with Crippen LogP contribution in [0, 0.1) is 6.92 Å². The molecule has 0 aliphatic carbocycles. The zero-order chi connectivity index (χ0) is 15.2. The van der Waals surface area contributed by atoms with Crippen LogP contribution in [0.1, 0.15) is 27.0 Å². The van der Waals surface area contributed by atoms with E-state index in [4.69, 9.17) is 16.2 Å². The van der Waals surface area contributed by atoms with Crippen LogP contribution in [0.25, 0.3) is 0 Å². The van der Waals surface area contributed by atoms with Crippen molar-refractivity contribution in [3.63, 3.8) is 0 Å². The van der Waals surface area contributed by atoms with Crippen LogP contribution in [0.3, 0.4) is 0 Å². The third kappa shape index (κ3) is 4.07. The Morgan fingerprint density at radius 2 is 1.90 bits per heavy atom. The van der Waals surface area contributed by atoms with Crippen LogP contribution in [0.4, 0.5) is 5.69 Å². The highest BCUT2D eigenvalue weighted by Crippen LogP contribution is 2.14. The predicted molar refractivity (Wildman–Crippen MR) is 83.9 cm³/mol. The van der Waals surface area contributed by atoms with E-state index in [2.05, 4.69) is 0 Å². The number of carbonyl (C=O) groups excluding carboxylic acids is 1. The summed E-state index contributed by atoms with van der Waals surface area (Å²) in [6.45, 7) is 3.06. The molecule has 0 aliphatic rings. The topological polar surface area (TPSA) is 78.3 Å².